The van der Waals surface area contributed by atoms with Crippen LogP contribution in [0, 0.1) is 0 Å². The fourth-order valence-electron chi connectivity index (χ4n) is 2.94. The molecule has 1 aromatic carbocycles. The molecule has 4 nitrogen and oxygen atoms in total. The maximum Gasteiger partial charge on any atom is 0.123 e. The molecule has 1 saturated heterocycles. The monoisotopic (exact) mass is 277 g/mol. The van der Waals surface area contributed by atoms with Crippen molar-refractivity contribution in [3.05, 3.63) is 29.3 Å². The molecule has 0 amide bonds. The zero-order valence-electron chi connectivity index (χ0n) is 12.9. The zero-order valence-corrected chi connectivity index (χ0v) is 12.9. The molecule has 1 unspecified atom stereocenters. The normalized spacial score (nSPS) is 21.1. The van der Waals surface area contributed by atoms with Crippen LogP contribution in [0.3, 0.4) is 0 Å². The van der Waals surface area contributed by atoms with Crippen LogP contribution in [0.4, 0.5) is 0 Å². The largest absolute Gasteiger partial charge is 0.496 e. The molecule has 1 aromatic rings. The van der Waals surface area contributed by atoms with Crippen molar-refractivity contribution in [3.8, 4) is 5.75 Å². The zero-order chi connectivity index (χ0) is 14.5. The minimum Gasteiger partial charge on any atom is -0.496 e. The predicted molar refractivity (Wildman–Crippen MR) is 82.9 cm³/mol. The van der Waals surface area contributed by atoms with E-state index in [1.54, 1.807) is 7.11 Å². The third kappa shape index (κ3) is 3.51. The first-order chi connectivity index (χ1) is 9.67. The molecule has 2 N–H and O–H groups in total. The lowest BCUT2D eigenvalue weighted by atomic mass is 10.1. The Morgan fingerprint density at radius 3 is 2.80 bits per heavy atom. The second kappa shape index (κ2) is 7.07. The molecule has 0 aliphatic carbocycles. The highest BCUT2D eigenvalue weighted by Gasteiger charge is 2.22. The van der Waals surface area contributed by atoms with Crippen LogP contribution in [0.25, 0.3) is 0 Å². The van der Waals surface area contributed by atoms with Crippen LogP contribution in [-0.2, 0) is 13.1 Å². The quantitative estimate of drug-likeness (QED) is 0.889. The first-order valence-electron chi connectivity index (χ1n) is 7.46. The van der Waals surface area contributed by atoms with E-state index in [-0.39, 0.29) is 0 Å². The van der Waals surface area contributed by atoms with E-state index < -0.39 is 0 Å². The molecule has 0 radical (unpaired) electrons. The number of likely N-dealkylation sites (N-methyl/N-ethyl adjacent to an activating group) is 1. The number of methoxy groups -OCH3 is 1. The number of hydrogen-bond acceptors (Lipinski definition) is 4. The average Bonchev–Trinajstić information content (AvgIpc) is 2.49. The van der Waals surface area contributed by atoms with Gasteiger partial charge in [0.25, 0.3) is 0 Å². The number of hydrogen-bond donors (Lipinski definition) is 1. The van der Waals surface area contributed by atoms with Crippen LogP contribution in [-0.4, -0.2) is 49.6 Å². The van der Waals surface area contributed by atoms with Gasteiger partial charge in [0.15, 0.2) is 0 Å². The van der Waals surface area contributed by atoms with Crippen molar-refractivity contribution in [2.24, 2.45) is 5.73 Å². The summed E-state index contributed by atoms with van der Waals surface area (Å²) in [5.41, 5.74) is 8.20. The maximum absolute atomic E-state index is 5.79. The van der Waals surface area contributed by atoms with Gasteiger partial charge in [0.05, 0.1) is 7.11 Å². The van der Waals surface area contributed by atoms with Gasteiger partial charge < -0.3 is 15.4 Å². The summed E-state index contributed by atoms with van der Waals surface area (Å²) >= 11 is 0. The molecule has 2 rings (SSSR count). The molecular formula is C16H27N3O. The van der Waals surface area contributed by atoms with Crippen molar-refractivity contribution in [2.45, 2.75) is 32.5 Å². The summed E-state index contributed by atoms with van der Waals surface area (Å²) in [4.78, 5) is 5.01. The average molecular weight is 277 g/mol. The molecule has 1 fully saturated rings. The number of benzene rings is 1. The van der Waals surface area contributed by atoms with Crippen LogP contribution >= 0.6 is 0 Å². The lowest BCUT2D eigenvalue weighted by Gasteiger charge is -2.39. The fraction of sp³-hybridized carbons (Fsp3) is 0.625. The van der Waals surface area contributed by atoms with E-state index in [0.29, 0.717) is 12.6 Å². The molecule has 1 atom stereocenters. The summed E-state index contributed by atoms with van der Waals surface area (Å²) in [5.74, 6) is 0.890. The molecular weight excluding hydrogens is 250 g/mol. The molecule has 1 heterocycles. The minimum atomic E-state index is 0.525. The van der Waals surface area contributed by atoms with Crippen molar-refractivity contribution >= 4 is 0 Å². The van der Waals surface area contributed by atoms with Crippen LogP contribution in [0.5, 0.6) is 5.75 Å². The van der Waals surface area contributed by atoms with E-state index >= 15 is 0 Å². The van der Waals surface area contributed by atoms with Gasteiger partial charge in [0, 0.05) is 44.3 Å². The predicted octanol–water partition coefficient (Wildman–Crippen LogP) is 1.68. The Kier molecular flexibility index (Phi) is 5.40. The number of nitrogens with zero attached hydrogens (tertiary/aromatic N) is 2. The van der Waals surface area contributed by atoms with Crippen molar-refractivity contribution < 1.29 is 4.74 Å². The fourth-order valence-corrected chi connectivity index (χ4v) is 2.94. The van der Waals surface area contributed by atoms with E-state index in [9.17, 15) is 0 Å². The van der Waals surface area contributed by atoms with Crippen molar-refractivity contribution in [1.29, 1.82) is 0 Å². The Morgan fingerprint density at radius 2 is 2.15 bits per heavy atom. The van der Waals surface area contributed by atoms with Gasteiger partial charge in [-0.1, -0.05) is 13.0 Å². The van der Waals surface area contributed by atoms with E-state index in [2.05, 4.69) is 35.9 Å². The summed E-state index contributed by atoms with van der Waals surface area (Å²) in [6.07, 6.45) is 1.21. The molecule has 0 bridgehead atoms. The maximum atomic E-state index is 5.79. The van der Waals surface area contributed by atoms with Crippen LogP contribution in [0.15, 0.2) is 18.2 Å². The van der Waals surface area contributed by atoms with Crippen LogP contribution in [0.1, 0.15) is 24.5 Å². The topological polar surface area (TPSA) is 41.7 Å². The summed E-state index contributed by atoms with van der Waals surface area (Å²) in [6, 6.07) is 7.04. The number of rotatable bonds is 5. The van der Waals surface area contributed by atoms with Crippen LogP contribution < -0.4 is 10.5 Å². The van der Waals surface area contributed by atoms with Gasteiger partial charge >= 0.3 is 0 Å². The Hall–Kier alpha value is -1.10. The van der Waals surface area contributed by atoms with Gasteiger partial charge in [0.2, 0.25) is 0 Å². The molecule has 0 spiro atoms. The van der Waals surface area contributed by atoms with Crippen molar-refractivity contribution in [2.75, 3.05) is 33.8 Å². The SMILES string of the molecule is CCC1CN(Cc2ccc(OC)c(CN)c2)CCN1C. The second-order valence-corrected chi connectivity index (χ2v) is 5.63. The second-order valence-electron chi connectivity index (χ2n) is 5.63. The summed E-state index contributed by atoms with van der Waals surface area (Å²) in [5, 5.41) is 0. The van der Waals surface area contributed by atoms with Gasteiger partial charge in [-0.25, -0.2) is 0 Å². The first-order valence-corrected chi connectivity index (χ1v) is 7.46. The smallest absolute Gasteiger partial charge is 0.123 e. The van der Waals surface area contributed by atoms with Crippen molar-refractivity contribution in [3.63, 3.8) is 0 Å². The molecule has 112 valence electrons. The first kappa shape index (κ1) is 15.3. The molecule has 1 aliphatic heterocycles. The Bertz CT molecular complexity index is 436. The highest BCUT2D eigenvalue weighted by molar-refractivity contribution is 5.37. The lowest BCUT2D eigenvalue weighted by molar-refractivity contribution is 0.0883. The molecule has 0 saturated carbocycles. The van der Waals surface area contributed by atoms with Crippen molar-refractivity contribution in [1.82, 2.24) is 9.80 Å². The van der Waals surface area contributed by atoms with E-state index in [0.717, 1.165) is 37.5 Å². The number of piperazine rings is 1. The lowest BCUT2D eigenvalue weighted by Crippen LogP contribution is -2.50. The van der Waals surface area contributed by atoms with Gasteiger partial charge in [-0.3, -0.25) is 4.90 Å². The molecule has 0 aromatic heterocycles. The Balaban J connectivity index is 2.03. The van der Waals surface area contributed by atoms with Gasteiger partial charge in [-0.2, -0.15) is 0 Å². The third-order valence-electron chi connectivity index (χ3n) is 4.30. The van der Waals surface area contributed by atoms with E-state index in [1.807, 2.05) is 6.07 Å². The van der Waals surface area contributed by atoms with E-state index in [1.165, 1.54) is 12.0 Å². The van der Waals surface area contributed by atoms with Crippen LogP contribution in [0.2, 0.25) is 0 Å². The number of ether oxygens (including phenoxy) is 1. The highest BCUT2D eigenvalue weighted by atomic mass is 16.5. The van der Waals surface area contributed by atoms with Gasteiger partial charge in [0.1, 0.15) is 5.75 Å². The Morgan fingerprint density at radius 1 is 1.35 bits per heavy atom. The molecule has 4 heteroatoms. The molecule has 1 aliphatic rings. The summed E-state index contributed by atoms with van der Waals surface area (Å²) in [7, 11) is 3.92. The van der Waals surface area contributed by atoms with Gasteiger partial charge in [-0.05, 0) is 31.2 Å². The number of nitrogens with two attached hydrogens (primary N) is 1. The highest BCUT2D eigenvalue weighted by Crippen LogP contribution is 2.21. The minimum absolute atomic E-state index is 0.525. The molecule has 20 heavy (non-hydrogen) atoms. The Labute approximate surface area is 122 Å². The standard InChI is InChI=1S/C16H27N3O/c1-4-15-12-19(8-7-18(15)2)11-13-5-6-16(20-3)14(9-13)10-17/h5-6,9,15H,4,7-8,10-12,17H2,1-3H3. The third-order valence-corrected chi connectivity index (χ3v) is 4.30. The summed E-state index contributed by atoms with van der Waals surface area (Å²) in [6.45, 7) is 7.23. The van der Waals surface area contributed by atoms with Gasteiger partial charge in [-0.15, -0.1) is 0 Å². The summed E-state index contributed by atoms with van der Waals surface area (Å²) < 4.78 is 5.33. The van der Waals surface area contributed by atoms with E-state index in [4.69, 9.17) is 10.5 Å².